The van der Waals surface area contributed by atoms with Gasteiger partial charge in [-0.05, 0) is 69.0 Å². The third-order valence-corrected chi connectivity index (χ3v) is 7.61. The third kappa shape index (κ3) is 4.42. The molecule has 1 saturated heterocycles. The van der Waals surface area contributed by atoms with Crippen molar-refractivity contribution in [2.45, 2.75) is 77.0 Å². The molecule has 2 aromatic carbocycles. The molecule has 0 bridgehead atoms. The summed E-state index contributed by atoms with van der Waals surface area (Å²) in [6, 6.07) is 8.58. The summed E-state index contributed by atoms with van der Waals surface area (Å²) in [7, 11) is 1.82. The van der Waals surface area contributed by atoms with Gasteiger partial charge in [-0.3, -0.25) is 14.5 Å². The number of likely N-dealkylation sites (tertiary alicyclic amines) is 1. The average Bonchev–Trinajstić information content (AvgIpc) is 3.14. The molecule has 2 heterocycles. The second kappa shape index (κ2) is 9.00. The van der Waals surface area contributed by atoms with Crippen molar-refractivity contribution in [3.63, 3.8) is 0 Å². The molecule has 2 aromatic rings. The molecule has 1 amide bonds. The molecule has 4 rings (SSSR count). The number of fused-ring (bicyclic) bond motifs is 2. The van der Waals surface area contributed by atoms with Crippen LogP contribution in [0.5, 0.6) is 0 Å². The predicted molar refractivity (Wildman–Crippen MR) is 141 cm³/mol. The van der Waals surface area contributed by atoms with Crippen molar-refractivity contribution in [2.75, 3.05) is 12.4 Å². The molecule has 8 heteroatoms. The lowest BCUT2D eigenvalue weighted by Crippen LogP contribution is -2.50. The fraction of sp³-hybridized carbons (Fsp3) is 0.500. The van der Waals surface area contributed by atoms with E-state index in [1.807, 2.05) is 18.0 Å². The molecule has 4 atom stereocenters. The molecule has 0 unspecified atom stereocenters. The number of anilines is 1. The fourth-order valence-corrected chi connectivity index (χ4v) is 6.25. The number of hydrogen-bond acceptors (Lipinski definition) is 4. The van der Waals surface area contributed by atoms with Crippen LogP contribution in [0.2, 0.25) is 10.0 Å². The number of benzene rings is 2. The van der Waals surface area contributed by atoms with Gasteiger partial charge in [-0.25, -0.2) is 4.39 Å². The van der Waals surface area contributed by atoms with Crippen LogP contribution in [-0.2, 0) is 19.7 Å². The van der Waals surface area contributed by atoms with Crippen LogP contribution in [0.25, 0.3) is 0 Å². The number of nitrogens with zero attached hydrogens (tertiary/aromatic N) is 1. The van der Waals surface area contributed by atoms with E-state index in [1.165, 1.54) is 6.07 Å². The summed E-state index contributed by atoms with van der Waals surface area (Å²) in [5, 5.41) is 3.40. The summed E-state index contributed by atoms with van der Waals surface area (Å²) < 4.78 is 21.6. The highest BCUT2D eigenvalue weighted by atomic mass is 35.5. The summed E-state index contributed by atoms with van der Waals surface area (Å²) in [6.45, 7) is 11.6. The van der Waals surface area contributed by atoms with Crippen molar-refractivity contribution in [3.05, 3.63) is 63.4 Å². The summed E-state index contributed by atoms with van der Waals surface area (Å²) in [6.07, 6.45) is 0.566. The molecule has 1 N–H and O–H groups in total. The van der Waals surface area contributed by atoms with E-state index in [0.29, 0.717) is 22.7 Å². The Morgan fingerprint density at radius 2 is 1.81 bits per heavy atom. The molecule has 1 spiro atoms. The minimum atomic E-state index is -1.28. The van der Waals surface area contributed by atoms with Crippen LogP contribution in [0.3, 0.4) is 0 Å². The molecular weight excluding hydrogens is 502 g/mol. The molecule has 0 saturated carbocycles. The van der Waals surface area contributed by atoms with E-state index in [1.54, 1.807) is 45.0 Å². The van der Waals surface area contributed by atoms with Gasteiger partial charge in [0.1, 0.15) is 22.9 Å². The van der Waals surface area contributed by atoms with Crippen molar-refractivity contribution in [2.24, 2.45) is 5.41 Å². The van der Waals surface area contributed by atoms with Gasteiger partial charge in [0.05, 0.1) is 5.02 Å². The molecule has 1 fully saturated rings. The second-order valence-electron chi connectivity index (χ2n) is 12.1. The smallest absolute Gasteiger partial charge is 0.324 e. The maximum absolute atomic E-state index is 15.8. The summed E-state index contributed by atoms with van der Waals surface area (Å²) in [5.41, 5.74) is -0.796. The fourth-order valence-electron chi connectivity index (χ4n) is 5.90. The van der Waals surface area contributed by atoms with Crippen LogP contribution in [0.1, 0.15) is 65.0 Å². The highest BCUT2D eigenvalue weighted by Crippen LogP contribution is 2.60. The Balaban J connectivity index is 2.07. The van der Waals surface area contributed by atoms with E-state index < -0.39 is 40.8 Å². The molecule has 36 heavy (non-hydrogen) atoms. The zero-order valence-corrected chi connectivity index (χ0v) is 23.2. The lowest BCUT2D eigenvalue weighted by atomic mass is 9.62. The number of nitrogens with one attached hydrogen (secondary N) is 1. The van der Waals surface area contributed by atoms with Gasteiger partial charge in [0.2, 0.25) is 5.91 Å². The molecule has 0 aromatic heterocycles. The first-order valence-corrected chi connectivity index (χ1v) is 12.8. The Bertz CT molecular complexity index is 1220. The highest BCUT2D eigenvalue weighted by molar-refractivity contribution is 6.31. The minimum Gasteiger partial charge on any atom is -0.459 e. The average molecular weight is 535 g/mol. The minimum absolute atomic E-state index is 0.0674. The zero-order valence-electron chi connectivity index (χ0n) is 21.7. The molecule has 0 aliphatic carbocycles. The van der Waals surface area contributed by atoms with Crippen LogP contribution in [0, 0.1) is 11.2 Å². The largest absolute Gasteiger partial charge is 0.459 e. The van der Waals surface area contributed by atoms with Gasteiger partial charge >= 0.3 is 5.97 Å². The Labute approximate surface area is 222 Å². The van der Waals surface area contributed by atoms with E-state index in [-0.39, 0.29) is 21.9 Å². The second-order valence-corrected chi connectivity index (χ2v) is 12.9. The van der Waals surface area contributed by atoms with E-state index in [2.05, 4.69) is 26.1 Å². The number of halogens is 3. The number of likely N-dealkylation sites (N-methyl/N-ethyl adjacent to an activating group) is 1. The van der Waals surface area contributed by atoms with E-state index in [9.17, 15) is 9.59 Å². The Hall–Kier alpha value is -2.15. The van der Waals surface area contributed by atoms with Crippen LogP contribution in [0.4, 0.5) is 10.1 Å². The van der Waals surface area contributed by atoms with Gasteiger partial charge in [-0.2, -0.15) is 0 Å². The Morgan fingerprint density at radius 1 is 1.14 bits per heavy atom. The molecule has 5 nitrogen and oxygen atoms in total. The van der Waals surface area contributed by atoms with Crippen molar-refractivity contribution in [1.29, 1.82) is 0 Å². The van der Waals surface area contributed by atoms with Crippen molar-refractivity contribution in [3.8, 4) is 0 Å². The molecule has 194 valence electrons. The molecule has 2 aliphatic rings. The van der Waals surface area contributed by atoms with Gasteiger partial charge in [0, 0.05) is 22.7 Å². The summed E-state index contributed by atoms with van der Waals surface area (Å²) in [4.78, 5) is 29.9. The first kappa shape index (κ1) is 26.9. The third-order valence-electron chi connectivity index (χ3n) is 7.08. The summed E-state index contributed by atoms with van der Waals surface area (Å²) >= 11 is 12.5. The van der Waals surface area contributed by atoms with Gasteiger partial charge in [-0.1, -0.05) is 62.2 Å². The highest BCUT2D eigenvalue weighted by Gasteiger charge is 2.69. The topological polar surface area (TPSA) is 58.6 Å². The van der Waals surface area contributed by atoms with Gasteiger partial charge in [0.15, 0.2) is 0 Å². The van der Waals surface area contributed by atoms with Crippen LogP contribution in [0.15, 0.2) is 36.4 Å². The monoisotopic (exact) mass is 534 g/mol. The number of carbonyl (C=O) groups is 2. The lowest BCUT2D eigenvalue weighted by Gasteiger charge is -2.39. The number of hydrogen-bond donors (Lipinski definition) is 1. The van der Waals surface area contributed by atoms with E-state index in [0.717, 1.165) is 0 Å². The lowest BCUT2D eigenvalue weighted by molar-refractivity contribution is -0.160. The Kier molecular flexibility index (Phi) is 6.72. The van der Waals surface area contributed by atoms with E-state index in [4.69, 9.17) is 27.9 Å². The normalized spacial score (nSPS) is 26.3. The quantitative estimate of drug-likeness (QED) is 0.452. The number of rotatable bonds is 3. The SMILES string of the molecule is CN1[C@H](C(=O)OC(C)(C)C)[C@H](c2cccc(Cl)c2F)[C@@]2(C(=O)Nc3cc(Cl)ccc32)[C@H]1CC(C)(C)C. The maximum Gasteiger partial charge on any atom is 0.324 e. The molecular formula is C28H33Cl2FN2O3. The standard InChI is InChI=1S/C28H33Cl2FN2O3/c1-26(2,3)14-20-28(17-12-11-15(29)13-19(17)32-25(28)35)21(16-9-8-10-18(30)22(16)31)23(33(20)7)24(34)36-27(4,5)6/h8-13,20-21,23H,14H2,1-7H3,(H,32,35)/t20-,21+,23+,28+/m1/s1. The molecule has 0 radical (unpaired) electrons. The summed E-state index contributed by atoms with van der Waals surface area (Å²) in [5.74, 6) is -2.35. The number of esters is 1. The number of amides is 1. The van der Waals surface area contributed by atoms with E-state index >= 15 is 4.39 Å². The molecule has 2 aliphatic heterocycles. The van der Waals surface area contributed by atoms with Gasteiger partial charge < -0.3 is 10.1 Å². The van der Waals surface area contributed by atoms with Gasteiger partial charge in [0.25, 0.3) is 0 Å². The first-order valence-electron chi connectivity index (χ1n) is 12.1. The van der Waals surface area contributed by atoms with Crippen LogP contribution < -0.4 is 5.32 Å². The predicted octanol–water partition coefficient (Wildman–Crippen LogP) is 6.57. The number of ether oxygens (including phenoxy) is 1. The first-order chi connectivity index (χ1) is 16.6. The van der Waals surface area contributed by atoms with Crippen molar-refractivity contribution < 1.29 is 18.7 Å². The van der Waals surface area contributed by atoms with Crippen molar-refractivity contribution in [1.82, 2.24) is 4.90 Å². The van der Waals surface area contributed by atoms with Crippen LogP contribution in [-0.4, -0.2) is 41.5 Å². The Morgan fingerprint density at radius 3 is 2.42 bits per heavy atom. The van der Waals surface area contributed by atoms with Gasteiger partial charge in [-0.15, -0.1) is 0 Å². The van der Waals surface area contributed by atoms with Crippen molar-refractivity contribution >= 4 is 40.8 Å². The maximum atomic E-state index is 15.8. The number of carbonyl (C=O) groups excluding carboxylic acids is 2. The zero-order chi connectivity index (χ0) is 26.8. The van der Waals surface area contributed by atoms with Crippen LogP contribution >= 0.6 is 23.2 Å².